The standard InChI is InChI=1S/C23H18Cl2N2O4/c24-18-11-10-15(12-19(18)25)21(29)26(13-20(28)14-6-2-1-3-7-14)27-22(30)16-8-4-5-9-17(16)23(27)31/h1-7,10-12,16-17H,8-9,13H2/t16-,17-/m0/s1. The van der Waals surface area contributed by atoms with Gasteiger partial charge in [-0.05, 0) is 31.0 Å². The molecule has 3 amide bonds. The summed E-state index contributed by atoms with van der Waals surface area (Å²) < 4.78 is 0. The van der Waals surface area contributed by atoms with E-state index in [1.165, 1.54) is 18.2 Å². The first kappa shape index (κ1) is 21.3. The molecule has 1 saturated heterocycles. The number of halogens is 2. The molecule has 4 rings (SSSR count). The van der Waals surface area contributed by atoms with Crippen molar-refractivity contribution in [1.82, 2.24) is 10.0 Å². The van der Waals surface area contributed by atoms with E-state index in [4.69, 9.17) is 23.2 Å². The minimum Gasteiger partial charge on any atom is -0.292 e. The molecule has 31 heavy (non-hydrogen) atoms. The first-order valence-corrected chi connectivity index (χ1v) is 10.5. The van der Waals surface area contributed by atoms with E-state index in [1.54, 1.807) is 30.3 Å². The van der Waals surface area contributed by atoms with Crippen LogP contribution in [0.2, 0.25) is 10.0 Å². The molecule has 0 spiro atoms. The monoisotopic (exact) mass is 456 g/mol. The van der Waals surface area contributed by atoms with E-state index in [1.807, 2.05) is 12.2 Å². The second-order valence-electron chi connectivity index (χ2n) is 7.42. The van der Waals surface area contributed by atoms with Crippen molar-refractivity contribution >= 4 is 46.7 Å². The fraction of sp³-hybridized carbons (Fsp3) is 0.217. The molecule has 2 aliphatic rings. The summed E-state index contributed by atoms with van der Waals surface area (Å²) in [5, 5.41) is 2.18. The van der Waals surface area contributed by atoms with E-state index in [2.05, 4.69) is 0 Å². The maximum atomic E-state index is 13.4. The molecule has 8 heteroatoms. The van der Waals surface area contributed by atoms with Crippen LogP contribution >= 0.6 is 23.2 Å². The molecule has 0 bridgehead atoms. The Balaban J connectivity index is 1.71. The van der Waals surface area contributed by atoms with Gasteiger partial charge in [0.05, 0.1) is 21.9 Å². The molecule has 1 aliphatic carbocycles. The topological polar surface area (TPSA) is 74.8 Å². The van der Waals surface area contributed by atoms with Crippen LogP contribution in [0.1, 0.15) is 33.6 Å². The molecule has 0 N–H and O–H groups in total. The molecule has 1 aliphatic heterocycles. The molecule has 0 unspecified atom stereocenters. The number of hydrogen-bond donors (Lipinski definition) is 0. The van der Waals surface area contributed by atoms with Gasteiger partial charge in [-0.15, -0.1) is 0 Å². The molecule has 2 atom stereocenters. The van der Waals surface area contributed by atoms with Crippen LogP contribution in [-0.4, -0.2) is 40.1 Å². The van der Waals surface area contributed by atoms with Crippen LogP contribution in [-0.2, 0) is 9.59 Å². The number of nitrogens with zero attached hydrogens (tertiary/aromatic N) is 2. The first-order chi connectivity index (χ1) is 14.9. The van der Waals surface area contributed by atoms with Crippen molar-refractivity contribution in [3.63, 3.8) is 0 Å². The quantitative estimate of drug-likeness (QED) is 0.384. The Morgan fingerprint density at radius 3 is 2.06 bits per heavy atom. The minimum absolute atomic E-state index is 0.115. The Morgan fingerprint density at radius 2 is 1.48 bits per heavy atom. The first-order valence-electron chi connectivity index (χ1n) is 9.76. The summed E-state index contributed by atoms with van der Waals surface area (Å²) in [5.74, 6) is -3.11. The summed E-state index contributed by atoms with van der Waals surface area (Å²) in [6.07, 6.45) is 4.56. The number of hydrogen-bond acceptors (Lipinski definition) is 4. The lowest BCUT2D eigenvalue weighted by Crippen LogP contribution is -2.52. The number of allylic oxidation sites excluding steroid dienone is 2. The van der Waals surface area contributed by atoms with Crippen molar-refractivity contribution in [3.8, 4) is 0 Å². The zero-order valence-corrected chi connectivity index (χ0v) is 17.8. The van der Waals surface area contributed by atoms with Crippen molar-refractivity contribution < 1.29 is 19.2 Å². The van der Waals surface area contributed by atoms with Crippen molar-refractivity contribution in [2.75, 3.05) is 6.54 Å². The Bertz CT molecular complexity index is 1070. The van der Waals surface area contributed by atoms with Crippen molar-refractivity contribution in [1.29, 1.82) is 0 Å². The Labute approximate surface area is 189 Å². The number of fused-ring (bicyclic) bond motifs is 1. The molecule has 2 aromatic carbocycles. The molecule has 2 aromatic rings. The molecule has 0 aromatic heterocycles. The predicted octanol–water partition coefficient (Wildman–Crippen LogP) is 4.18. The number of carbonyl (C=O) groups excluding carboxylic acids is 4. The molecule has 1 fully saturated rings. The highest BCUT2D eigenvalue weighted by Gasteiger charge is 2.51. The molecule has 0 radical (unpaired) electrons. The third-order valence-corrected chi connectivity index (χ3v) is 6.25. The van der Waals surface area contributed by atoms with Gasteiger partial charge < -0.3 is 0 Å². The molecule has 0 saturated carbocycles. The van der Waals surface area contributed by atoms with Crippen molar-refractivity contribution in [3.05, 3.63) is 81.9 Å². The van der Waals surface area contributed by atoms with E-state index >= 15 is 0 Å². The second kappa shape index (κ2) is 8.65. The van der Waals surface area contributed by atoms with Gasteiger partial charge in [-0.25, -0.2) is 5.01 Å². The number of amides is 3. The second-order valence-corrected chi connectivity index (χ2v) is 8.24. The molecular formula is C23H18Cl2N2O4. The number of benzene rings is 2. The Kier molecular flexibility index (Phi) is 5.94. The van der Waals surface area contributed by atoms with Gasteiger partial charge in [0.1, 0.15) is 6.54 Å². The highest BCUT2D eigenvalue weighted by atomic mass is 35.5. The molecule has 6 nitrogen and oxygen atoms in total. The zero-order valence-electron chi connectivity index (χ0n) is 16.3. The number of rotatable bonds is 5. The SMILES string of the molecule is O=C(CN(C(=O)c1ccc(Cl)c(Cl)c1)N1C(=O)[C@H]2CC=CC[C@@H]2C1=O)c1ccccc1. The van der Waals surface area contributed by atoms with Gasteiger partial charge in [-0.2, -0.15) is 5.01 Å². The summed E-state index contributed by atoms with van der Waals surface area (Å²) in [4.78, 5) is 52.4. The highest BCUT2D eigenvalue weighted by Crippen LogP contribution is 2.36. The fourth-order valence-corrected chi connectivity index (χ4v) is 4.18. The van der Waals surface area contributed by atoms with E-state index in [9.17, 15) is 19.2 Å². The molecular weight excluding hydrogens is 439 g/mol. The van der Waals surface area contributed by atoms with Gasteiger partial charge in [-0.3, -0.25) is 19.2 Å². The molecule has 1 heterocycles. The van der Waals surface area contributed by atoms with Crippen LogP contribution in [0.3, 0.4) is 0 Å². The fourth-order valence-electron chi connectivity index (χ4n) is 3.88. The lowest BCUT2D eigenvalue weighted by Gasteiger charge is -2.30. The number of Topliss-reactive ketones (excluding diaryl/α,β-unsaturated/α-hetero) is 1. The van der Waals surface area contributed by atoms with Gasteiger partial charge in [-0.1, -0.05) is 65.7 Å². The average Bonchev–Trinajstić information content (AvgIpc) is 3.04. The lowest BCUT2D eigenvalue weighted by atomic mass is 9.85. The average molecular weight is 457 g/mol. The maximum absolute atomic E-state index is 13.4. The number of imide groups is 1. The molecule has 158 valence electrons. The van der Waals surface area contributed by atoms with Crippen LogP contribution < -0.4 is 0 Å². The lowest BCUT2D eigenvalue weighted by molar-refractivity contribution is -0.154. The normalized spacial score (nSPS) is 20.0. The van der Waals surface area contributed by atoms with Crippen LogP contribution in [0, 0.1) is 11.8 Å². The van der Waals surface area contributed by atoms with Gasteiger partial charge in [0, 0.05) is 11.1 Å². The van der Waals surface area contributed by atoms with Gasteiger partial charge in [0.25, 0.3) is 17.7 Å². The largest absolute Gasteiger partial charge is 0.292 e. The van der Waals surface area contributed by atoms with Gasteiger partial charge in [0.2, 0.25) is 0 Å². The van der Waals surface area contributed by atoms with Gasteiger partial charge >= 0.3 is 0 Å². The highest BCUT2D eigenvalue weighted by molar-refractivity contribution is 6.42. The summed E-state index contributed by atoms with van der Waals surface area (Å²) in [6, 6.07) is 12.6. The Hall–Kier alpha value is -2.96. The van der Waals surface area contributed by atoms with E-state index in [0.29, 0.717) is 18.4 Å². The summed E-state index contributed by atoms with van der Waals surface area (Å²) in [5.41, 5.74) is 0.483. The van der Waals surface area contributed by atoms with E-state index < -0.39 is 41.9 Å². The summed E-state index contributed by atoms with van der Waals surface area (Å²) in [6.45, 7) is -0.465. The van der Waals surface area contributed by atoms with Crippen LogP contribution in [0.5, 0.6) is 0 Å². The van der Waals surface area contributed by atoms with Crippen molar-refractivity contribution in [2.24, 2.45) is 11.8 Å². The zero-order chi connectivity index (χ0) is 22.1. The third-order valence-electron chi connectivity index (χ3n) is 5.52. The predicted molar refractivity (Wildman–Crippen MR) is 115 cm³/mol. The summed E-state index contributed by atoms with van der Waals surface area (Å²) >= 11 is 12.0. The van der Waals surface area contributed by atoms with E-state index in [0.717, 1.165) is 10.0 Å². The number of hydrazine groups is 1. The van der Waals surface area contributed by atoms with Crippen LogP contribution in [0.25, 0.3) is 0 Å². The summed E-state index contributed by atoms with van der Waals surface area (Å²) in [7, 11) is 0. The number of ketones is 1. The number of carbonyl (C=O) groups is 4. The Morgan fingerprint density at radius 1 is 0.871 bits per heavy atom. The van der Waals surface area contributed by atoms with Crippen LogP contribution in [0.4, 0.5) is 0 Å². The maximum Gasteiger partial charge on any atom is 0.273 e. The van der Waals surface area contributed by atoms with Crippen molar-refractivity contribution in [2.45, 2.75) is 12.8 Å². The third kappa shape index (κ3) is 4.01. The van der Waals surface area contributed by atoms with Gasteiger partial charge in [0.15, 0.2) is 5.78 Å². The van der Waals surface area contributed by atoms with E-state index in [-0.39, 0.29) is 15.6 Å². The smallest absolute Gasteiger partial charge is 0.273 e. The minimum atomic E-state index is -0.684. The van der Waals surface area contributed by atoms with Crippen LogP contribution in [0.15, 0.2) is 60.7 Å².